The van der Waals surface area contributed by atoms with Crippen LogP contribution in [0.1, 0.15) is 69.3 Å². The summed E-state index contributed by atoms with van der Waals surface area (Å²) in [6.07, 6.45) is 7.06. The van der Waals surface area contributed by atoms with Gasteiger partial charge >= 0.3 is 0 Å². The lowest BCUT2D eigenvalue weighted by molar-refractivity contribution is -0.0294. The lowest BCUT2D eigenvalue weighted by Crippen LogP contribution is -2.50. The summed E-state index contributed by atoms with van der Waals surface area (Å²) in [5.74, 6) is 1.59. The van der Waals surface area contributed by atoms with Gasteiger partial charge < -0.3 is 4.74 Å². The summed E-state index contributed by atoms with van der Waals surface area (Å²) in [6.45, 7) is 11.3. The first-order chi connectivity index (χ1) is 11.7. The highest BCUT2D eigenvalue weighted by Crippen LogP contribution is 2.60. The van der Waals surface area contributed by atoms with Crippen LogP contribution in [0.15, 0.2) is 29.8 Å². The number of aryl methyl sites for hydroxylation is 1. The Morgan fingerprint density at radius 1 is 1.12 bits per heavy atom. The Hall–Kier alpha value is -1.57. The van der Waals surface area contributed by atoms with Crippen LogP contribution in [0.25, 0.3) is 0 Å². The van der Waals surface area contributed by atoms with Gasteiger partial charge in [-0.15, -0.1) is 0 Å². The minimum absolute atomic E-state index is 0.0164. The summed E-state index contributed by atoms with van der Waals surface area (Å²) >= 11 is 0. The number of benzene rings is 1. The molecule has 0 spiro atoms. The predicted octanol–water partition coefficient (Wildman–Crippen LogP) is 5.99. The van der Waals surface area contributed by atoms with Gasteiger partial charge in [0, 0.05) is 11.5 Å². The second-order valence-electron chi connectivity index (χ2n) is 9.12. The van der Waals surface area contributed by atoms with E-state index >= 15 is 0 Å². The molecule has 1 fully saturated rings. The molecular weight excluding hydrogens is 308 g/mol. The van der Waals surface area contributed by atoms with Gasteiger partial charge in [0.25, 0.3) is 0 Å². The molecule has 1 unspecified atom stereocenters. The van der Waals surface area contributed by atoms with E-state index in [1.54, 1.807) is 7.11 Å². The van der Waals surface area contributed by atoms with Crippen LogP contribution < -0.4 is 4.74 Å². The Kier molecular flexibility index (Phi) is 4.59. The molecule has 0 heterocycles. The highest BCUT2D eigenvalue weighted by atomic mass is 16.5. The van der Waals surface area contributed by atoms with E-state index in [2.05, 4.69) is 33.8 Å². The lowest BCUT2D eigenvalue weighted by Gasteiger charge is -2.56. The monoisotopic (exact) mass is 340 g/mol. The van der Waals surface area contributed by atoms with Crippen molar-refractivity contribution in [1.82, 2.24) is 0 Å². The average Bonchev–Trinajstić information content (AvgIpc) is 2.52. The lowest BCUT2D eigenvalue weighted by atomic mass is 9.48. The molecule has 3 atom stereocenters. The van der Waals surface area contributed by atoms with Crippen molar-refractivity contribution in [3.05, 3.63) is 41.0 Å². The molecule has 25 heavy (non-hydrogen) atoms. The largest absolute Gasteiger partial charge is 0.497 e. The van der Waals surface area contributed by atoms with Crippen LogP contribution in [-0.4, -0.2) is 12.9 Å². The first-order valence-electron chi connectivity index (χ1n) is 9.55. The Morgan fingerprint density at radius 3 is 2.52 bits per heavy atom. The molecule has 0 radical (unpaired) electrons. The third kappa shape index (κ3) is 3.05. The normalized spacial score (nSPS) is 31.0. The quantitative estimate of drug-likeness (QED) is 0.499. The Bertz CT molecular complexity index is 713. The molecule has 136 valence electrons. The number of fused-ring (bicyclic) bond motifs is 1. The first kappa shape index (κ1) is 18.2. The summed E-state index contributed by atoms with van der Waals surface area (Å²) in [5.41, 5.74) is 3.47. The number of ketones is 1. The van der Waals surface area contributed by atoms with Crippen LogP contribution in [0.3, 0.4) is 0 Å². The van der Waals surface area contributed by atoms with Crippen molar-refractivity contribution in [3.8, 4) is 5.75 Å². The summed E-state index contributed by atoms with van der Waals surface area (Å²) < 4.78 is 5.40. The van der Waals surface area contributed by atoms with Crippen molar-refractivity contribution >= 4 is 5.78 Å². The first-order valence-corrected chi connectivity index (χ1v) is 9.55. The summed E-state index contributed by atoms with van der Waals surface area (Å²) in [6, 6.07) is 5.90. The molecule has 0 amide bonds. The van der Waals surface area contributed by atoms with E-state index in [1.807, 2.05) is 25.1 Å². The SMILES string of the molecule is COc1cc(C)cc(C(=O)[C@H]2C(C)=CCC3C(C)(C)CCC[C@]32C)c1. The molecular formula is C23H32O2. The van der Waals surface area contributed by atoms with Gasteiger partial charge in [0.15, 0.2) is 5.78 Å². The van der Waals surface area contributed by atoms with Gasteiger partial charge in [0.2, 0.25) is 0 Å². The number of allylic oxidation sites excluding steroid dienone is 2. The van der Waals surface area contributed by atoms with Gasteiger partial charge in [-0.3, -0.25) is 4.79 Å². The number of ether oxygens (including phenoxy) is 1. The standard InChI is InChI=1S/C23H32O2/c1-15-12-17(14-18(13-15)25-6)21(24)20-16(2)8-9-19-22(3,4)10-7-11-23(19,20)5/h8,12-14,19-20H,7,9-11H2,1-6H3/t19?,20-,23-/m1/s1. The van der Waals surface area contributed by atoms with E-state index in [9.17, 15) is 4.79 Å². The maximum absolute atomic E-state index is 13.6. The van der Waals surface area contributed by atoms with E-state index in [0.717, 1.165) is 29.7 Å². The molecule has 1 aromatic rings. The Labute approximate surface area is 152 Å². The van der Waals surface area contributed by atoms with Crippen LogP contribution in [-0.2, 0) is 0 Å². The fourth-order valence-electron chi connectivity index (χ4n) is 5.72. The fraction of sp³-hybridized carbons (Fsp3) is 0.609. The molecule has 2 nitrogen and oxygen atoms in total. The Balaban J connectivity index is 2.05. The summed E-state index contributed by atoms with van der Waals surface area (Å²) in [5, 5.41) is 0. The van der Waals surface area contributed by atoms with E-state index in [-0.39, 0.29) is 17.1 Å². The third-order valence-electron chi connectivity index (χ3n) is 6.90. The van der Waals surface area contributed by atoms with Gasteiger partial charge in [-0.25, -0.2) is 0 Å². The Morgan fingerprint density at radius 2 is 1.84 bits per heavy atom. The molecule has 0 saturated heterocycles. The molecule has 0 aliphatic heterocycles. The number of Topliss-reactive ketones (excluding diaryl/α,β-unsaturated/α-hetero) is 1. The predicted molar refractivity (Wildman–Crippen MR) is 103 cm³/mol. The number of hydrogen-bond acceptors (Lipinski definition) is 2. The minimum atomic E-state index is -0.0164. The van der Waals surface area contributed by atoms with Crippen molar-refractivity contribution in [3.63, 3.8) is 0 Å². The zero-order chi connectivity index (χ0) is 18.4. The van der Waals surface area contributed by atoms with Crippen LogP contribution in [0.4, 0.5) is 0 Å². The van der Waals surface area contributed by atoms with Crippen molar-refractivity contribution < 1.29 is 9.53 Å². The molecule has 2 heteroatoms. The smallest absolute Gasteiger partial charge is 0.170 e. The topological polar surface area (TPSA) is 26.3 Å². The van der Waals surface area contributed by atoms with Crippen molar-refractivity contribution in [2.75, 3.05) is 7.11 Å². The van der Waals surface area contributed by atoms with Gasteiger partial charge in [0.05, 0.1) is 7.11 Å². The van der Waals surface area contributed by atoms with E-state index in [4.69, 9.17) is 4.74 Å². The molecule has 1 saturated carbocycles. The molecule has 0 N–H and O–H groups in total. The van der Waals surface area contributed by atoms with Gasteiger partial charge in [-0.2, -0.15) is 0 Å². The number of rotatable bonds is 3. The van der Waals surface area contributed by atoms with Crippen molar-refractivity contribution in [2.45, 2.75) is 60.3 Å². The van der Waals surface area contributed by atoms with E-state index < -0.39 is 0 Å². The molecule has 1 aromatic carbocycles. The number of hydrogen-bond donors (Lipinski definition) is 0. The maximum Gasteiger partial charge on any atom is 0.170 e. The number of carbonyl (C=O) groups is 1. The highest BCUT2D eigenvalue weighted by Gasteiger charge is 2.54. The van der Waals surface area contributed by atoms with Gasteiger partial charge in [-0.1, -0.05) is 38.8 Å². The second kappa shape index (κ2) is 6.30. The van der Waals surface area contributed by atoms with Crippen LogP contribution in [0.5, 0.6) is 5.75 Å². The van der Waals surface area contributed by atoms with E-state index in [0.29, 0.717) is 11.3 Å². The highest BCUT2D eigenvalue weighted by molar-refractivity contribution is 6.00. The van der Waals surface area contributed by atoms with Crippen LogP contribution in [0, 0.1) is 29.6 Å². The maximum atomic E-state index is 13.6. The second-order valence-corrected chi connectivity index (χ2v) is 9.12. The zero-order valence-electron chi connectivity index (χ0n) is 16.6. The number of carbonyl (C=O) groups excluding carboxylic acids is 1. The van der Waals surface area contributed by atoms with Gasteiger partial charge in [-0.05, 0) is 73.6 Å². The number of methoxy groups -OCH3 is 1. The summed E-state index contributed by atoms with van der Waals surface area (Å²) in [4.78, 5) is 13.6. The molecule has 3 rings (SSSR count). The average molecular weight is 341 g/mol. The molecule has 0 bridgehead atoms. The zero-order valence-corrected chi connectivity index (χ0v) is 16.6. The van der Waals surface area contributed by atoms with E-state index in [1.165, 1.54) is 18.4 Å². The fourth-order valence-corrected chi connectivity index (χ4v) is 5.72. The van der Waals surface area contributed by atoms with Gasteiger partial charge in [0.1, 0.15) is 5.75 Å². The minimum Gasteiger partial charge on any atom is -0.497 e. The molecule has 2 aliphatic rings. The van der Waals surface area contributed by atoms with Crippen LogP contribution in [0.2, 0.25) is 0 Å². The third-order valence-corrected chi connectivity index (χ3v) is 6.90. The molecule has 0 aromatic heterocycles. The van der Waals surface area contributed by atoms with Crippen molar-refractivity contribution in [1.29, 1.82) is 0 Å². The summed E-state index contributed by atoms with van der Waals surface area (Å²) in [7, 11) is 1.66. The van der Waals surface area contributed by atoms with Crippen LogP contribution >= 0.6 is 0 Å². The molecule has 2 aliphatic carbocycles. The van der Waals surface area contributed by atoms with Crippen molar-refractivity contribution in [2.24, 2.45) is 22.7 Å².